The highest BCUT2D eigenvalue weighted by Gasteiger charge is 2.38. The van der Waals surface area contributed by atoms with Gasteiger partial charge in [0.05, 0.1) is 18.3 Å². The summed E-state index contributed by atoms with van der Waals surface area (Å²) in [7, 11) is 0. The van der Waals surface area contributed by atoms with E-state index in [2.05, 4.69) is 4.90 Å². The zero-order chi connectivity index (χ0) is 15.8. The summed E-state index contributed by atoms with van der Waals surface area (Å²) in [4.78, 5) is 14.1. The fourth-order valence-corrected chi connectivity index (χ4v) is 3.61. The van der Waals surface area contributed by atoms with E-state index >= 15 is 0 Å². The van der Waals surface area contributed by atoms with Gasteiger partial charge < -0.3 is 15.2 Å². The van der Waals surface area contributed by atoms with Gasteiger partial charge in [-0.2, -0.15) is 0 Å². The molecule has 2 N–H and O–H groups in total. The van der Waals surface area contributed by atoms with Crippen LogP contribution in [0.1, 0.15) is 16.8 Å². The topological polar surface area (TPSA) is 64.8 Å². The lowest BCUT2D eigenvalue weighted by molar-refractivity contribution is 0.0258. The summed E-state index contributed by atoms with van der Waals surface area (Å²) >= 11 is 0. The molecule has 2 aromatic carbocycles. The maximum atomic E-state index is 11.7. The van der Waals surface area contributed by atoms with Crippen molar-refractivity contribution in [1.29, 1.82) is 0 Å². The van der Waals surface area contributed by atoms with Crippen molar-refractivity contribution in [3.05, 3.63) is 42.0 Å². The summed E-state index contributed by atoms with van der Waals surface area (Å²) in [5.74, 6) is 0.135. The highest BCUT2D eigenvalue weighted by Crippen LogP contribution is 2.31. The molecule has 2 aliphatic heterocycles. The lowest BCUT2D eigenvalue weighted by atomic mass is 10.0. The molecule has 2 aliphatic rings. The maximum Gasteiger partial charge on any atom is 0.252 e. The van der Waals surface area contributed by atoms with Crippen LogP contribution in [-0.4, -0.2) is 49.3 Å². The molecule has 2 bridgehead atoms. The summed E-state index contributed by atoms with van der Waals surface area (Å²) in [5.41, 5.74) is 5.94. The van der Waals surface area contributed by atoms with Crippen LogP contribution in [0.25, 0.3) is 10.8 Å². The summed E-state index contributed by atoms with van der Waals surface area (Å²) < 4.78 is 11.6. The van der Waals surface area contributed by atoms with E-state index < -0.39 is 5.91 Å². The Morgan fingerprint density at radius 1 is 1.30 bits per heavy atom. The number of morpholine rings is 1. The summed E-state index contributed by atoms with van der Waals surface area (Å²) in [6, 6.07) is 12.0. The third-order valence-electron chi connectivity index (χ3n) is 4.78. The van der Waals surface area contributed by atoms with Gasteiger partial charge in [0.1, 0.15) is 12.4 Å². The molecule has 2 unspecified atom stereocenters. The van der Waals surface area contributed by atoms with Crippen molar-refractivity contribution in [1.82, 2.24) is 4.90 Å². The SMILES string of the molecule is NC(=O)c1ccc2ccccc2c1OCCN1CC2CC1CO2. The second kappa shape index (κ2) is 5.83. The smallest absolute Gasteiger partial charge is 0.252 e. The molecule has 5 heteroatoms. The zero-order valence-electron chi connectivity index (χ0n) is 12.9. The van der Waals surface area contributed by atoms with Gasteiger partial charge in [0.25, 0.3) is 5.91 Å². The van der Waals surface area contributed by atoms with Crippen LogP contribution in [0.2, 0.25) is 0 Å². The Bertz CT molecular complexity index is 746. The number of nitrogens with zero attached hydrogens (tertiary/aromatic N) is 1. The summed E-state index contributed by atoms with van der Waals surface area (Å²) in [6.45, 7) is 3.18. The van der Waals surface area contributed by atoms with Crippen molar-refractivity contribution < 1.29 is 14.3 Å². The number of primary amides is 1. The van der Waals surface area contributed by atoms with Crippen LogP contribution < -0.4 is 10.5 Å². The number of benzene rings is 2. The van der Waals surface area contributed by atoms with E-state index in [0.717, 1.165) is 36.9 Å². The molecule has 0 aliphatic carbocycles. The van der Waals surface area contributed by atoms with Crippen molar-refractivity contribution >= 4 is 16.7 Å². The first-order valence-corrected chi connectivity index (χ1v) is 8.02. The molecule has 0 radical (unpaired) electrons. The quantitative estimate of drug-likeness (QED) is 0.914. The average Bonchev–Trinajstić information content (AvgIpc) is 3.17. The van der Waals surface area contributed by atoms with Gasteiger partial charge in [-0.15, -0.1) is 0 Å². The number of carbonyl (C=O) groups excluding carboxylic acids is 1. The van der Waals surface area contributed by atoms with E-state index in [1.165, 1.54) is 0 Å². The molecule has 2 aromatic rings. The van der Waals surface area contributed by atoms with Crippen LogP contribution in [0.4, 0.5) is 0 Å². The molecule has 2 heterocycles. The standard InChI is InChI=1S/C18H20N2O3/c19-18(21)16-6-5-12-3-1-2-4-15(12)17(16)22-8-7-20-10-14-9-13(20)11-23-14/h1-6,13-14H,7-11H2,(H2,19,21). The number of nitrogens with two attached hydrogens (primary N) is 1. The van der Waals surface area contributed by atoms with Crippen LogP contribution in [0.15, 0.2) is 36.4 Å². The molecule has 23 heavy (non-hydrogen) atoms. The Balaban J connectivity index is 1.53. The van der Waals surface area contributed by atoms with Crippen molar-refractivity contribution in [2.45, 2.75) is 18.6 Å². The number of fused-ring (bicyclic) bond motifs is 3. The number of likely N-dealkylation sites (tertiary alicyclic amines) is 1. The summed E-state index contributed by atoms with van der Waals surface area (Å²) in [6.07, 6.45) is 1.51. The normalized spacial score (nSPS) is 23.5. The number of hydrogen-bond donors (Lipinski definition) is 1. The van der Waals surface area contributed by atoms with Crippen molar-refractivity contribution in [3.63, 3.8) is 0 Å². The van der Waals surface area contributed by atoms with Gasteiger partial charge >= 0.3 is 0 Å². The van der Waals surface area contributed by atoms with Gasteiger partial charge in [0.15, 0.2) is 0 Å². The molecule has 2 fully saturated rings. The minimum atomic E-state index is -0.459. The fraction of sp³-hybridized carbons (Fsp3) is 0.389. The Morgan fingerprint density at radius 3 is 2.91 bits per heavy atom. The van der Waals surface area contributed by atoms with Crippen LogP contribution in [0.5, 0.6) is 5.75 Å². The fourth-order valence-electron chi connectivity index (χ4n) is 3.61. The second-order valence-corrected chi connectivity index (χ2v) is 6.22. The molecule has 5 nitrogen and oxygen atoms in total. The Kier molecular flexibility index (Phi) is 3.67. The summed E-state index contributed by atoms with van der Waals surface area (Å²) in [5, 5.41) is 1.97. The second-order valence-electron chi connectivity index (χ2n) is 6.22. The molecule has 0 spiro atoms. The Labute approximate surface area is 135 Å². The van der Waals surface area contributed by atoms with Crippen LogP contribution >= 0.6 is 0 Å². The average molecular weight is 312 g/mol. The van der Waals surface area contributed by atoms with Crippen LogP contribution in [0, 0.1) is 0 Å². The minimum Gasteiger partial charge on any atom is -0.491 e. The Hall–Kier alpha value is -2.11. The van der Waals surface area contributed by atoms with E-state index in [4.69, 9.17) is 15.2 Å². The molecule has 2 atom stereocenters. The molecule has 1 amide bonds. The van der Waals surface area contributed by atoms with E-state index in [0.29, 0.717) is 30.1 Å². The van der Waals surface area contributed by atoms with Gasteiger partial charge in [-0.05, 0) is 17.9 Å². The lowest BCUT2D eigenvalue weighted by Crippen LogP contribution is -2.39. The molecule has 4 rings (SSSR count). The monoisotopic (exact) mass is 312 g/mol. The van der Waals surface area contributed by atoms with Crippen LogP contribution in [0.3, 0.4) is 0 Å². The third kappa shape index (κ3) is 2.66. The van der Waals surface area contributed by atoms with E-state index in [-0.39, 0.29) is 0 Å². The number of rotatable bonds is 5. The van der Waals surface area contributed by atoms with Gasteiger partial charge in [-0.25, -0.2) is 0 Å². The van der Waals surface area contributed by atoms with Crippen molar-refractivity contribution in [2.24, 2.45) is 5.73 Å². The molecular formula is C18H20N2O3. The largest absolute Gasteiger partial charge is 0.491 e. The van der Waals surface area contributed by atoms with E-state index in [9.17, 15) is 4.79 Å². The lowest BCUT2D eigenvalue weighted by Gasteiger charge is -2.26. The minimum absolute atomic E-state index is 0.388. The molecule has 0 aromatic heterocycles. The maximum absolute atomic E-state index is 11.7. The van der Waals surface area contributed by atoms with E-state index in [1.54, 1.807) is 6.07 Å². The number of hydrogen-bond acceptors (Lipinski definition) is 4. The first-order chi connectivity index (χ1) is 11.2. The number of carbonyl (C=O) groups is 1. The zero-order valence-corrected chi connectivity index (χ0v) is 12.9. The molecule has 0 saturated carbocycles. The van der Waals surface area contributed by atoms with Crippen molar-refractivity contribution in [3.8, 4) is 5.75 Å². The highest BCUT2D eigenvalue weighted by atomic mass is 16.5. The first kappa shape index (κ1) is 14.5. The van der Waals surface area contributed by atoms with Gasteiger partial charge in [0.2, 0.25) is 0 Å². The Morgan fingerprint density at radius 2 is 2.17 bits per heavy atom. The van der Waals surface area contributed by atoms with Gasteiger partial charge in [-0.3, -0.25) is 9.69 Å². The van der Waals surface area contributed by atoms with Gasteiger partial charge in [0, 0.05) is 24.5 Å². The number of ether oxygens (including phenoxy) is 2. The molecule has 120 valence electrons. The molecular weight excluding hydrogens is 292 g/mol. The highest BCUT2D eigenvalue weighted by molar-refractivity contribution is 6.03. The van der Waals surface area contributed by atoms with Crippen LogP contribution in [-0.2, 0) is 4.74 Å². The predicted molar refractivity (Wildman–Crippen MR) is 87.7 cm³/mol. The van der Waals surface area contributed by atoms with Gasteiger partial charge in [-0.1, -0.05) is 30.3 Å². The third-order valence-corrected chi connectivity index (χ3v) is 4.78. The first-order valence-electron chi connectivity index (χ1n) is 8.02. The number of amides is 1. The molecule has 2 saturated heterocycles. The van der Waals surface area contributed by atoms with E-state index in [1.807, 2.05) is 30.3 Å². The van der Waals surface area contributed by atoms with Crippen molar-refractivity contribution in [2.75, 3.05) is 26.3 Å². The predicted octanol–water partition coefficient (Wildman–Crippen LogP) is 1.79.